The van der Waals surface area contributed by atoms with Gasteiger partial charge in [0.2, 0.25) is 0 Å². The molecule has 1 aliphatic heterocycles. The lowest BCUT2D eigenvalue weighted by molar-refractivity contribution is 0.0173. The number of para-hydroxylation sites is 1. The van der Waals surface area contributed by atoms with Crippen LogP contribution in [-0.2, 0) is 0 Å². The van der Waals surface area contributed by atoms with Crippen LogP contribution in [-0.4, -0.2) is 40.2 Å². The van der Waals surface area contributed by atoms with Crippen LogP contribution in [0.5, 0.6) is 5.75 Å². The first-order chi connectivity index (χ1) is 9.74. The lowest BCUT2D eigenvalue weighted by Gasteiger charge is -2.38. The largest absolute Gasteiger partial charge is 0.485 e. The van der Waals surface area contributed by atoms with Crippen LogP contribution in [0.4, 0.5) is 0 Å². The maximum Gasteiger partial charge on any atom is 0.274 e. The molecule has 0 atom stereocenters. The number of benzene rings is 1. The van der Waals surface area contributed by atoms with Gasteiger partial charge in [0.05, 0.1) is 18.1 Å². The van der Waals surface area contributed by atoms with Crippen molar-refractivity contribution in [2.24, 2.45) is 0 Å². The molecule has 1 fully saturated rings. The van der Waals surface area contributed by atoms with Gasteiger partial charge in [-0.1, -0.05) is 23.7 Å². The molecule has 0 aliphatic carbocycles. The third-order valence-corrected chi connectivity index (χ3v) is 3.37. The summed E-state index contributed by atoms with van der Waals surface area (Å²) in [4.78, 5) is 13.7. The fraction of sp³-hybridized carbons (Fsp3) is 0.214. The van der Waals surface area contributed by atoms with Gasteiger partial charge in [0.1, 0.15) is 11.9 Å². The van der Waals surface area contributed by atoms with Crippen molar-refractivity contribution in [2.45, 2.75) is 6.10 Å². The number of rotatable bonds is 3. The van der Waals surface area contributed by atoms with Crippen molar-refractivity contribution in [3.05, 3.63) is 53.3 Å². The predicted octanol–water partition coefficient (Wildman–Crippen LogP) is 2.03. The van der Waals surface area contributed by atoms with Crippen LogP contribution in [0.2, 0.25) is 5.02 Å². The molecule has 2 aromatic rings. The molecular weight excluding hydrogens is 278 g/mol. The molecule has 1 aromatic carbocycles. The Kier molecular flexibility index (Phi) is 3.52. The first kappa shape index (κ1) is 12.9. The highest BCUT2D eigenvalue weighted by Crippen LogP contribution is 2.26. The number of hydrogen-bond acceptors (Lipinski definition) is 4. The zero-order valence-corrected chi connectivity index (χ0v) is 11.3. The Balaban J connectivity index is 1.57. The topological polar surface area (TPSA) is 55.3 Å². The van der Waals surface area contributed by atoms with Crippen molar-refractivity contribution in [3.8, 4) is 5.75 Å². The van der Waals surface area contributed by atoms with Crippen molar-refractivity contribution in [1.29, 1.82) is 0 Å². The fourth-order valence-electron chi connectivity index (χ4n) is 1.98. The van der Waals surface area contributed by atoms with Gasteiger partial charge in [0.25, 0.3) is 5.91 Å². The van der Waals surface area contributed by atoms with Crippen molar-refractivity contribution in [3.63, 3.8) is 0 Å². The van der Waals surface area contributed by atoms with Gasteiger partial charge in [-0.15, -0.1) is 5.10 Å². The smallest absolute Gasteiger partial charge is 0.274 e. The second-order valence-corrected chi connectivity index (χ2v) is 4.90. The number of hydrogen-bond donors (Lipinski definition) is 0. The molecule has 0 N–H and O–H groups in total. The third kappa shape index (κ3) is 2.58. The van der Waals surface area contributed by atoms with E-state index in [2.05, 4.69) is 10.2 Å². The van der Waals surface area contributed by atoms with E-state index in [1.165, 1.54) is 6.20 Å². The van der Waals surface area contributed by atoms with E-state index in [9.17, 15) is 4.79 Å². The average molecular weight is 290 g/mol. The summed E-state index contributed by atoms with van der Waals surface area (Å²) in [7, 11) is 0. The van der Waals surface area contributed by atoms with Crippen LogP contribution in [0.3, 0.4) is 0 Å². The van der Waals surface area contributed by atoms with Crippen LogP contribution < -0.4 is 4.74 Å². The van der Waals surface area contributed by atoms with E-state index in [1.54, 1.807) is 23.1 Å². The number of halogens is 1. The van der Waals surface area contributed by atoms with Gasteiger partial charge in [0, 0.05) is 6.20 Å². The lowest BCUT2D eigenvalue weighted by Crippen LogP contribution is -2.56. The Morgan fingerprint density at radius 1 is 1.25 bits per heavy atom. The number of carbonyl (C=O) groups excluding carboxylic acids is 1. The molecule has 0 saturated carbocycles. The van der Waals surface area contributed by atoms with Crippen LogP contribution in [0.1, 0.15) is 10.5 Å². The van der Waals surface area contributed by atoms with Gasteiger partial charge in [-0.25, -0.2) is 0 Å². The van der Waals surface area contributed by atoms with Gasteiger partial charge in [-0.3, -0.25) is 4.79 Å². The van der Waals surface area contributed by atoms with Crippen LogP contribution in [0, 0.1) is 0 Å². The molecule has 1 amide bonds. The molecule has 6 heteroatoms. The summed E-state index contributed by atoms with van der Waals surface area (Å²) >= 11 is 6.02. The van der Waals surface area contributed by atoms with E-state index >= 15 is 0 Å². The van der Waals surface area contributed by atoms with Crippen molar-refractivity contribution in [1.82, 2.24) is 15.1 Å². The molecule has 102 valence electrons. The summed E-state index contributed by atoms with van der Waals surface area (Å²) < 4.78 is 5.74. The summed E-state index contributed by atoms with van der Waals surface area (Å²) in [6.07, 6.45) is 1.51. The molecule has 0 radical (unpaired) electrons. The summed E-state index contributed by atoms with van der Waals surface area (Å²) in [5.74, 6) is 0.517. The van der Waals surface area contributed by atoms with Crippen LogP contribution >= 0.6 is 11.6 Å². The van der Waals surface area contributed by atoms with E-state index < -0.39 is 0 Å². The van der Waals surface area contributed by atoms with Crippen LogP contribution in [0.25, 0.3) is 0 Å². The first-order valence-corrected chi connectivity index (χ1v) is 6.60. The number of nitrogens with zero attached hydrogens (tertiary/aromatic N) is 3. The lowest BCUT2D eigenvalue weighted by atomic mass is 10.1. The summed E-state index contributed by atoms with van der Waals surface area (Å²) in [5.41, 5.74) is 0.351. The van der Waals surface area contributed by atoms with E-state index in [1.807, 2.05) is 18.2 Å². The minimum absolute atomic E-state index is 0.0319. The number of amides is 1. The molecule has 1 aliphatic rings. The molecule has 0 spiro atoms. The standard InChI is InChI=1S/C14H12ClN3O2/c15-11-4-1-2-6-13(11)20-10-8-18(9-10)14(19)12-5-3-7-16-17-12/h1-7,10H,8-9H2. The maximum atomic E-state index is 12.0. The van der Waals surface area contributed by atoms with Crippen molar-refractivity contribution in [2.75, 3.05) is 13.1 Å². The predicted molar refractivity (Wildman–Crippen MR) is 73.8 cm³/mol. The second-order valence-electron chi connectivity index (χ2n) is 4.49. The molecule has 2 heterocycles. The highest BCUT2D eigenvalue weighted by atomic mass is 35.5. The van der Waals surface area contributed by atoms with E-state index in [4.69, 9.17) is 16.3 Å². The minimum atomic E-state index is -0.128. The van der Waals surface area contributed by atoms with Gasteiger partial charge in [-0.05, 0) is 24.3 Å². The maximum absolute atomic E-state index is 12.0. The Morgan fingerprint density at radius 2 is 2.05 bits per heavy atom. The highest BCUT2D eigenvalue weighted by molar-refractivity contribution is 6.32. The first-order valence-electron chi connectivity index (χ1n) is 6.22. The number of likely N-dealkylation sites (tertiary alicyclic amines) is 1. The second kappa shape index (κ2) is 5.46. The van der Waals surface area contributed by atoms with E-state index in [0.717, 1.165) is 0 Å². The van der Waals surface area contributed by atoms with Gasteiger partial charge >= 0.3 is 0 Å². The zero-order chi connectivity index (χ0) is 13.9. The quantitative estimate of drug-likeness (QED) is 0.867. The molecule has 1 aromatic heterocycles. The Morgan fingerprint density at radius 3 is 2.75 bits per heavy atom. The Bertz CT molecular complexity index is 615. The molecule has 1 saturated heterocycles. The van der Waals surface area contributed by atoms with E-state index in [-0.39, 0.29) is 12.0 Å². The number of carbonyl (C=O) groups is 1. The summed E-state index contributed by atoms with van der Waals surface area (Å²) in [6, 6.07) is 10.6. The Labute approximate surface area is 121 Å². The molecular formula is C14H12ClN3O2. The normalized spacial score (nSPS) is 14.8. The molecule has 5 nitrogen and oxygen atoms in total. The zero-order valence-electron chi connectivity index (χ0n) is 10.6. The monoisotopic (exact) mass is 289 g/mol. The van der Waals surface area contributed by atoms with Gasteiger partial charge in [-0.2, -0.15) is 5.10 Å². The van der Waals surface area contributed by atoms with Gasteiger partial charge in [0.15, 0.2) is 5.69 Å². The summed E-state index contributed by atoms with van der Waals surface area (Å²) in [5, 5.41) is 8.08. The average Bonchev–Trinajstić information content (AvgIpc) is 2.44. The molecule has 20 heavy (non-hydrogen) atoms. The minimum Gasteiger partial charge on any atom is -0.485 e. The molecule has 3 rings (SSSR count). The van der Waals surface area contributed by atoms with E-state index in [0.29, 0.717) is 29.6 Å². The highest BCUT2D eigenvalue weighted by Gasteiger charge is 2.33. The fourth-order valence-corrected chi connectivity index (χ4v) is 2.16. The third-order valence-electron chi connectivity index (χ3n) is 3.06. The number of aromatic nitrogens is 2. The van der Waals surface area contributed by atoms with Crippen LogP contribution in [0.15, 0.2) is 42.6 Å². The summed E-state index contributed by atoms with van der Waals surface area (Å²) in [6.45, 7) is 1.06. The SMILES string of the molecule is O=C(c1cccnn1)N1CC(Oc2ccccc2Cl)C1. The Hall–Kier alpha value is -2.14. The number of ether oxygens (including phenoxy) is 1. The van der Waals surface area contributed by atoms with Gasteiger partial charge < -0.3 is 9.64 Å². The van der Waals surface area contributed by atoms with Crippen molar-refractivity contribution < 1.29 is 9.53 Å². The van der Waals surface area contributed by atoms with Crippen molar-refractivity contribution >= 4 is 17.5 Å². The molecule has 0 bridgehead atoms. The molecule has 0 unspecified atom stereocenters.